The quantitative estimate of drug-likeness (QED) is 0.511. The molecule has 7 heteroatoms. The SMILES string of the molecule is Cc1cc(C)n(-c2ccc(C(=O)Nc3ccc(Oc4cccc(C#N)c4)cc3)cn2)n1. The van der Waals surface area contributed by atoms with Gasteiger partial charge in [-0.1, -0.05) is 6.07 Å². The molecule has 1 amide bonds. The van der Waals surface area contributed by atoms with E-state index in [1.807, 2.05) is 19.9 Å². The average molecular weight is 409 g/mol. The predicted molar refractivity (Wildman–Crippen MR) is 116 cm³/mol. The molecule has 2 aromatic heterocycles. The summed E-state index contributed by atoms with van der Waals surface area (Å²) in [5.41, 5.74) is 3.48. The van der Waals surface area contributed by atoms with E-state index in [4.69, 9.17) is 10.00 Å². The summed E-state index contributed by atoms with van der Waals surface area (Å²) in [5.74, 6) is 1.57. The zero-order chi connectivity index (χ0) is 21.8. The van der Waals surface area contributed by atoms with Gasteiger partial charge in [-0.3, -0.25) is 4.79 Å². The van der Waals surface area contributed by atoms with E-state index in [-0.39, 0.29) is 5.91 Å². The third kappa shape index (κ3) is 4.60. The van der Waals surface area contributed by atoms with Gasteiger partial charge in [0.05, 0.1) is 22.9 Å². The van der Waals surface area contributed by atoms with Gasteiger partial charge in [0.15, 0.2) is 5.82 Å². The lowest BCUT2D eigenvalue weighted by Gasteiger charge is -2.09. The van der Waals surface area contributed by atoms with E-state index in [1.165, 1.54) is 6.20 Å². The molecule has 4 aromatic rings. The number of nitrogens with zero attached hydrogens (tertiary/aromatic N) is 4. The summed E-state index contributed by atoms with van der Waals surface area (Å²) in [5, 5.41) is 16.2. The van der Waals surface area contributed by atoms with Gasteiger partial charge in [-0.25, -0.2) is 9.67 Å². The first-order valence-corrected chi connectivity index (χ1v) is 9.61. The molecule has 0 spiro atoms. The Hall–Kier alpha value is -4.44. The molecule has 0 unspecified atom stereocenters. The molecule has 2 heterocycles. The largest absolute Gasteiger partial charge is 0.457 e. The van der Waals surface area contributed by atoms with Crippen LogP contribution in [0.1, 0.15) is 27.3 Å². The number of nitriles is 1. The van der Waals surface area contributed by atoms with E-state index >= 15 is 0 Å². The standard InChI is InChI=1S/C24H19N5O2/c1-16-12-17(2)29(28-16)23-11-6-19(15-26-23)24(30)27-20-7-9-21(10-8-20)31-22-5-3-4-18(13-22)14-25/h3-13,15H,1-2H3,(H,27,30). The minimum Gasteiger partial charge on any atom is -0.457 e. The van der Waals surface area contributed by atoms with Crippen molar-refractivity contribution in [1.29, 1.82) is 5.26 Å². The maximum atomic E-state index is 12.5. The second kappa shape index (κ2) is 8.51. The van der Waals surface area contributed by atoms with Gasteiger partial charge in [0.1, 0.15) is 11.5 Å². The summed E-state index contributed by atoms with van der Waals surface area (Å²) in [4.78, 5) is 16.9. The van der Waals surface area contributed by atoms with Crippen molar-refractivity contribution in [3.05, 3.63) is 95.4 Å². The molecule has 2 aromatic carbocycles. The van der Waals surface area contributed by atoms with Gasteiger partial charge in [-0.2, -0.15) is 10.4 Å². The summed E-state index contributed by atoms with van der Waals surface area (Å²) in [6, 6.07) is 21.4. The molecule has 0 radical (unpaired) electrons. The molecule has 0 saturated carbocycles. The van der Waals surface area contributed by atoms with Crippen LogP contribution in [0.15, 0.2) is 72.9 Å². The minimum atomic E-state index is -0.261. The maximum Gasteiger partial charge on any atom is 0.257 e. The van der Waals surface area contributed by atoms with Crippen LogP contribution in [-0.4, -0.2) is 20.7 Å². The summed E-state index contributed by atoms with van der Waals surface area (Å²) >= 11 is 0. The monoisotopic (exact) mass is 409 g/mol. The van der Waals surface area contributed by atoms with E-state index < -0.39 is 0 Å². The zero-order valence-electron chi connectivity index (χ0n) is 17.0. The summed E-state index contributed by atoms with van der Waals surface area (Å²) in [7, 11) is 0. The van der Waals surface area contributed by atoms with Crippen molar-refractivity contribution in [3.8, 4) is 23.4 Å². The number of ether oxygens (including phenoxy) is 1. The van der Waals surface area contributed by atoms with Crippen molar-refractivity contribution in [3.63, 3.8) is 0 Å². The van der Waals surface area contributed by atoms with Crippen LogP contribution < -0.4 is 10.1 Å². The highest BCUT2D eigenvalue weighted by atomic mass is 16.5. The van der Waals surface area contributed by atoms with E-state index in [1.54, 1.807) is 65.3 Å². The van der Waals surface area contributed by atoms with Crippen molar-refractivity contribution in [2.45, 2.75) is 13.8 Å². The fourth-order valence-corrected chi connectivity index (χ4v) is 3.08. The number of aryl methyl sites for hydroxylation is 2. The number of carbonyl (C=O) groups is 1. The van der Waals surface area contributed by atoms with Crippen LogP contribution in [-0.2, 0) is 0 Å². The number of hydrogen-bond acceptors (Lipinski definition) is 5. The molecule has 0 aliphatic rings. The summed E-state index contributed by atoms with van der Waals surface area (Å²) in [6.45, 7) is 3.88. The van der Waals surface area contributed by atoms with Crippen molar-refractivity contribution >= 4 is 11.6 Å². The molecule has 7 nitrogen and oxygen atoms in total. The third-order valence-electron chi connectivity index (χ3n) is 4.55. The molecule has 4 rings (SSSR count). The number of nitrogens with one attached hydrogen (secondary N) is 1. The van der Waals surface area contributed by atoms with Gasteiger partial charge in [-0.05, 0) is 74.5 Å². The number of hydrogen-bond donors (Lipinski definition) is 1. The Kier molecular flexibility index (Phi) is 5.45. The average Bonchev–Trinajstić information content (AvgIpc) is 3.13. The number of aromatic nitrogens is 3. The highest BCUT2D eigenvalue weighted by molar-refractivity contribution is 6.04. The van der Waals surface area contributed by atoms with Crippen molar-refractivity contribution < 1.29 is 9.53 Å². The molecule has 0 atom stereocenters. The van der Waals surface area contributed by atoms with Crippen LogP contribution in [0, 0.1) is 25.2 Å². The third-order valence-corrected chi connectivity index (χ3v) is 4.55. The second-order valence-electron chi connectivity index (χ2n) is 6.96. The van der Waals surface area contributed by atoms with Gasteiger partial charge in [0.25, 0.3) is 5.91 Å². The summed E-state index contributed by atoms with van der Waals surface area (Å²) in [6.07, 6.45) is 1.53. The Bertz CT molecular complexity index is 1270. The Morgan fingerprint density at radius 2 is 1.84 bits per heavy atom. The Morgan fingerprint density at radius 1 is 1.03 bits per heavy atom. The topological polar surface area (TPSA) is 92.8 Å². The molecule has 31 heavy (non-hydrogen) atoms. The Balaban J connectivity index is 1.41. The van der Waals surface area contributed by atoms with Crippen LogP contribution in [0.5, 0.6) is 11.5 Å². The molecular weight excluding hydrogens is 390 g/mol. The molecule has 152 valence electrons. The van der Waals surface area contributed by atoms with E-state index in [2.05, 4.69) is 21.5 Å². The van der Waals surface area contributed by atoms with Crippen molar-refractivity contribution in [1.82, 2.24) is 14.8 Å². The highest BCUT2D eigenvalue weighted by Gasteiger charge is 2.10. The van der Waals surface area contributed by atoms with Gasteiger partial charge in [-0.15, -0.1) is 0 Å². The number of carbonyl (C=O) groups excluding carboxylic acids is 1. The van der Waals surface area contributed by atoms with Gasteiger partial charge >= 0.3 is 0 Å². The lowest BCUT2D eigenvalue weighted by molar-refractivity contribution is 0.102. The van der Waals surface area contributed by atoms with Gasteiger partial charge in [0.2, 0.25) is 0 Å². The van der Waals surface area contributed by atoms with Gasteiger partial charge in [0, 0.05) is 17.6 Å². The first kappa shape index (κ1) is 19.9. The van der Waals surface area contributed by atoms with Crippen LogP contribution >= 0.6 is 0 Å². The predicted octanol–water partition coefficient (Wildman–Crippen LogP) is 4.80. The number of anilines is 1. The number of benzene rings is 2. The maximum absolute atomic E-state index is 12.5. The minimum absolute atomic E-state index is 0.261. The second-order valence-corrected chi connectivity index (χ2v) is 6.96. The molecule has 0 aliphatic heterocycles. The van der Waals surface area contributed by atoms with Crippen molar-refractivity contribution in [2.75, 3.05) is 5.32 Å². The van der Waals surface area contributed by atoms with E-state index in [0.29, 0.717) is 34.1 Å². The van der Waals surface area contributed by atoms with Crippen LogP contribution in [0.2, 0.25) is 0 Å². The fourth-order valence-electron chi connectivity index (χ4n) is 3.08. The lowest BCUT2D eigenvalue weighted by atomic mass is 10.2. The highest BCUT2D eigenvalue weighted by Crippen LogP contribution is 2.24. The normalized spacial score (nSPS) is 10.4. The first-order chi connectivity index (χ1) is 15.0. The first-order valence-electron chi connectivity index (χ1n) is 9.61. The smallest absolute Gasteiger partial charge is 0.257 e. The van der Waals surface area contributed by atoms with E-state index in [0.717, 1.165) is 11.4 Å². The Morgan fingerprint density at radius 3 is 2.48 bits per heavy atom. The van der Waals surface area contributed by atoms with Crippen LogP contribution in [0.4, 0.5) is 5.69 Å². The molecular formula is C24H19N5O2. The number of amides is 1. The molecule has 0 fully saturated rings. The molecule has 1 N–H and O–H groups in total. The number of rotatable bonds is 5. The van der Waals surface area contributed by atoms with E-state index in [9.17, 15) is 4.79 Å². The molecule has 0 saturated heterocycles. The van der Waals surface area contributed by atoms with Crippen LogP contribution in [0.3, 0.4) is 0 Å². The number of pyridine rings is 1. The van der Waals surface area contributed by atoms with Crippen molar-refractivity contribution in [2.24, 2.45) is 0 Å². The lowest BCUT2D eigenvalue weighted by Crippen LogP contribution is -2.13. The molecule has 0 aliphatic carbocycles. The van der Waals surface area contributed by atoms with Gasteiger partial charge < -0.3 is 10.1 Å². The summed E-state index contributed by atoms with van der Waals surface area (Å²) < 4.78 is 7.49. The fraction of sp³-hybridized carbons (Fsp3) is 0.0833. The molecule has 0 bridgehead atoms. The Labute approximate surface area is 179 Å². The zero-order valence-corrected chi connectivity index (χ0v) is 17.0. The van der Waals surface area contributed by atoms with Crippen LogP contribution in [0.25, 0.3) is 5.82 Å².